The Kier molecular flexibility index (Phi) is 8.37. The Bertz CT molecular complexity index is 1080. The lowest BCUT2D eigenvalue weighted by molar-refractivity contribution is 0.0890. The van der Waals surface area contributed by atoms with Crippen LogP contribution in [0.3, 0.4) is 0 Å². The van der Waals surface area contributed by atoms with E-state index in [-0.39, 0.29) is 11.7 Å². The van der Waals surface area contributed by atoms with E-state index in [4.69, 9.17) is 13.7 Å². The van der Waals surface area contributed by atoms with Crippen molar-refractivity contribution < 1.29 is 26.9 Å². The highest BCUT2D eigenvalue weighted by Gasteiger charge is 2.28. The molecular formula is C25H33NO6S. The van der Waals surface area contributed by atoms with E-state index in [9.17, 15) is 13.2 Å². The van der Waals surface area contributed by atoms with E-state index in [2.05, 4.69) is 11.9 Å². The number of rotatable bonds is 11. The third kappa shape index (κ3) is 6.95. The first-order valence-electron chi connectivity index (χ1n) is 11.2. The molecule has 0 aliphatic heterocycles. The fraction of sp³-hybridized carbons (Fsp3) is 0.480. The normalized spacial score (nSPS) is 15.9. The van der Waals surface area contributed by atoms with E-state index in [0.29, 0.717) is 17.2 Å². The van der Waals surface area contributed by atoms with Gasteiger partial charge in [0.1, 0.15) is 5.75 Å². The third-order valence-electron chi connectivity index (χ3n) is 6.03. The van der Waals surface area contributed by atoms with Crippen LogP contribution in [0.2, 0.25) is 0 Å². The van der Waals surface area contributed by atoms with Gasteiger partial charge in [-0.3, -0.25) is 4.79 Å². The molecule has 0 aromatic heterocycles. The van der Waals surface area contributed by atoms with Crippen LogP contribution in [-0.4, -0.2) is 59.7 Å². The van der Waals surface area contributed by atoms with Crippen LogP contribution < -0.4 is 13.7 Å². The molecule has 0 spiro atoms. The number of Topliss-reactive ketones (excluding diaryl/α,β-unsaturated/α-hetero) is 1. The monoisotopic (exact) mass is 475 g/mol. The molecule has 0 bridgehead atoms. The summed E-state index contributed by atoms with van der Waals surface area (Å²) in [7, 11) is 1.72. The minimum absolute atomic E-state index is 0.0359. The van der Waals surface area contributed by atoms with Gasteiger partial charge in [-0.25, -0.2) is 0 Å². The summed E-state index contributed by atoms with van der Waals surface area (Å²) < 4.78 is 38.3. The lowest BCUT2D eigenvalue weighted by Gasteiger charge is -2.25. The highest BCUT2D eigenvalue weighted by Crippen LogP contribution is 2.36. The maximum Gasteiger partial charge on any atom is 0.306 e. The minimum Gasteiger partial charge on any atom is -0.493 e. The predicted molar refractivity (Wildman–Crippen MR) is 128 cm³/mol. The molecule has 0 amide bonds. The van der Waals surface area contributed by atoms with Crippen molar-refractivity contribution in [2.45, 2.75) is 32.1 Å². The minimum atomic E-state index is -3.53. The van der Waals surface area contributed by atoms with Gasteiger partial charge in [0.05, 0.1) is 20.5 Å². The number of carbonyl (C=O) groups is 1. The number of hydrogen-bond donors (Lipinski definition) is 0. The largest absolute Gasteiger partial charge is 0.493 e. The van der Waals surface area contributed by atoms with Crippen molar-refractivity contribution >= 4 is 15.9 Å². The Labute approximate surface area is 196 Å². The number of likely N-dealkylation sites (N-methyl/N-ethyl adjacent to an activating group) is 1. The summed E-state index contributed by atoms with van der Waals surface area (Å²) >= 11 is 0. The SMILES string of the molecule is COc1cc2c(cc1OC)C(=O)C(CCCN(C)CCc1cccc(OS(C)(=O)=O)c1)CC2. The molecule has 0 fully saturated rings. The van der Waals surface area contributed by atoms with Gasteiger partial charge in [0.2, 0.25) is 0 Å². The van der Waals surface area contributed by atoms with Crippen LogP contribution in [-0.2, 0) is 23.0 Å². The second-order valence-corrected chi connectivity index (χ2v) is 10.2. The Balaban J connectivity index is 1.48. The topological polar surface area (TPSA) is 82.1 Å². The van der Waals surface area contributed by atoms with E-state index in [1.165, 1.54) is 0 Å². The summed E-state index contributed by atoms with van der Waals surface area (Å²) in [6.07, 6.45) is 5.35. The molecule has 0 radical (unpaired) electrons. The van der Waals surface area contributed by atoms with Crippen molar-refractivity contribution in [2.75, 3.05) is 40.6 Å². The van der Waals surface area contributed by atoms with Crippen molar-refractivity contribution in [3.63, 3.8) is 0 Å². The van der Waals surface area contributed by atoms with E-state index in [0.717, 1.165) is 68.1 Å². The molecule has 1 aliphatic carbocycles. The predicted octanol–water partition coefficient (Wildman–Crippen LogP) is 3.74. The van der Waals surface area contributed by atoms with Gasteiger partial charge in [-0.05, 0) is 81.1 Å². The van der Waals surface area contributed by atoms with E-state index in [1.807, 2.05) is 18.2 Å². The zero-order chi connectivity index (χ0) is 24.0. The fourth-order valence-corrected chi connectivity index (χ4v) is 4.73. The maximum absolute atomic E-state index is 13.0. The second-order valence-electron chi connectivity index (χ2n) is 8.59. The highest BCUT2D eigenvalue weighted by atomic mass is 32.2. The average molecular weight is 476 g/mol. The number of ketones is 1. The van der Waals surface area contributed by atoms with Gasteiger partial charge >= 0.3 is 10.1 Å². The molecule has 2 aromatic carbocycles. The molecule has 1 atom stereocenters. The van der Waals surface area contributed by atoms with Crippen molar-refractivity contribution in [3.8, 4) is 17.2 Å². The molecule has 8 heteroatoms. The molecule has 7 nitrogen and oxygen atoms in total. The van der Waals surface area contributed by atoms with Gasteiger partial charge in [-0.2, -0.15) is 8.42 Å². The van der Waals surface area contributed by atoms with Gasteiger partial charge in [0.25, 0.3) is 0 Å². The Morgan fingerprint density at radius 2 is 1.79 bits per heavy atom. The van der Waals surface area contributed by atoms with E-state index < -0.39 is 10.1 Å². The number of ether oxygens (including phenoxy) is 2. The van der Waals surface area contributed by atoms with Crippen molar-refractivity contribution in [1.82, 2.24) is 4.90 Å². The summed E-state index contributed by atoms with van der Waals surface area (Å²) in [5, 5.41) is 0. The standard InChI is InChI=1S/C25H33NO6S/c1-26(14-12-18-7-5-9-21(15-18)32-33(4,28)29)13-6-8-19-10-11-20-16-23(30-2)24(31-3)17-22(20)25(19)27/h5,7,9,15-17,19H,6,8,10-14H2,1-4H3. The quantitative estimate of drug-likeness (QED) is 0.458. The molecule has 0 N–H and O–H groups in total. The second kappa shape index (κ2) is 11.0. The van der Waals surface area contributed by atoms with Crippen LogP contribution in [0.5, 0.6) is 17.2 Å². The molecule has 1 unspecified atom stereocenters. The number of hydrogen-bond acceptors (Lipinski definition) is 7. The fourth-order valence-electron chi connectivity index (χ4n) is 4.28. The third-order valence-corrected chi connectivity index (χ3v) is 6.52. The van der Waals surface area contributed by atoms with Crippen LogP contribution in [0.1, 0.15) is 40.7 Å². The molecule has 0 saturated heterocycles. The Hall–Kier alpha value is -2.58. The summed E-state index contributed by atoms with van der Waals surface area (Å²) in [4.78, 5) is 15.3. The van der Waals surface area contributed by atoms with Crippen LogP contribution >= 0.6 is 0 Å². The molecule has 1 aliphatic rings. The maximum atomic E-state index is 13.0. The van der Waals surface area contributed by atoms with Crippen LogP contribution in [0.15, 0.2) is 36.4 Å². The van der Waals surface area contributed by atoms with Crippen molar-refractivity contribution in [3.05, 3.63) is 53.1 Å². The van der Waals surface area contributed by atoms with Gasteiger partial charge in [-0.1, -0.05) is 12.1 Å². The first-order chi connectivity index (χ1) is 15.7. The molecule has 180 valence electrons. The van der Waals surface area contributed by atoms with E-state index >= 15 is 0 Å². The number of methoxy groups -OCH3 is 2. The summed E-state index contributed by atoms with van der Waals surface area (Å²) in [6, 6.07) is 10.9. The number of fused-ring (bicyclic) bond motifs is 1. The number of nitrogens with zero attached hydrogens (tertiary/aromatic N) is 1. The van der Waals surface area contributed by atoms with Gasteiger partial charge in [0, 0.05) is 18.0 Å². The lowest BCUT2D eigenvalue weighted by atomic mass is 9.80. The van der Waals surface area contributed by atoms with Crippen molar-refractivity contribution in [1.29, 1.82) is 0 Å². The molecule has 0 heterocycles. The zero-order valence-electron chi connectivity index (χ0n) is 19.8. The Morgan fingerprint density at radius 3 is 2.48 bits per heavy atom. The van der Waals surface area contributed by atoms with E-state index in [1.54, 1.807) is 32.4 Å². The smallest absolute Gasteiger partial charge is 0.306 e. The zero-order valence-corrected chi connectivity index (χ0v) is 20.6. The molecule has 3 rings (SSSR count). The Morgan fingerprint density at radius 1 is 1.06 bits per heavy atom. The van der Waals surface area contributed by atoms with Crippen LogP contribution in [0.4, 0.5) is 0 Å². The van der Waals surface area contributed by atoms with Crippen LogP contribution in [0, 0.1) is 5.92 Å². The summed E-state index contributed by atoms with van der Waals surface area (Å²) in [5.41, 5.74) is 2.81. The van der Waals surface area contributed by atoms with Gasteiger partial charge in [-0.15, -0.1) is 0 Å². The molecule has 0 saturated carbocycles. The number of aryl methyl sites for hydroxylation is 1. The number of carbonyl (C=O) groups excluding carboxylic acids is 1. The highest BCUT2D eigenvalue weighted by molar-refractivity contribution is 7.86. The van der Waals surface area contributed by atoms with Crippen molar-refractivity contribution in [2.24, 2.45) is 5.92 Å². The van der Waals surface area contributed by atoms with Crippen LogP contribution in [0.25, 0.3) is 0 Å². The lowest BCUT2D eigenvalue weighted by Crippen LogP contribution is -2.26. The first kappa shape index (κ1) is 25.1. The average Bonchev–Trinajstić information content (AvgIpc) is 2.77. The first-order valence-corrected chi connectivity index (χ1v) is 13.0. The molecule has 2 aromatic rings. The summed E-state index contributed by atoms with van der Waals surface area (Å²) in [5.74, 6) is 1.83. The summed E-state index contributed by atoms with van der Waals surface area (Å²) in [6.45, 7) is 1.73. The van der Waals surface area contributed by atoms with Gasteiger partial charge in [0.15, 0.2) is 17.3 Å². The van der Waals surface area contributed by atoms with Gasteiger partial charge < -0.3 is 18.6 Å². The number of benzene rings is 2. The molecular weight excluding hydrogens is 442 g/mol. The molecule has 33 heavy (non-hydrogen) atoms.